The molecule has 0 unspecified atom stereocenters. The third-order valence-corrected chi connectivity index (χ3v) is 3.87. The van der Waals surface area contributed by atoms with Crippen LogP contribution in [0.3, 0.4) is 0 Å². The van der Waals surface area contributed by atoms with Gasteiger partial charge in [-0.25, -0.2) is 0 Å². The molecule has 20 heavy (non-hydrogen) atoms. The van der Waals surface area contributed by atoms with Gasteiger partial charge in [-0.15, -0.1) is 0 Å². The molecule has 0 saturated carbocycles. The Morgan fingerprint density at radius 2 is 1.50 bits per heavy atom. The number of carbonyl (C=O) groups is 1. The number of aldehydes is 1. The number of nitrogens with zero attached hydrogens (tertiary/aromatic N) is 2. The molecule has 0 amide bonds. The van der Waals surface area contributed by atoms with Gasteiger partial charge in [0, 0.05) is 43.1 Å². The molecule has 1 aromatic carbocycles. The molecule has 1 aromatic rings. The summed E-state index contributed by atoms with van der Waals surface area (Å²) in [5.41, 5.74) is 2.94. The van der Waals surface area contributed by atoms with Crippen LogP contribution in [0, 0.1) is 0 Å². The zero-order chi connectivity index (χ0) is 13.8. The van der Waals surface area contributed by atoms with Gasteiger partial charge in [-0.05, 0) is 18.2 Å². The van der Waals surface area contributed by atoms with Gasteiger partial charge in [0.15, 0.2) is 6.29 Å². The number of carbonyl (C=O) groups excluding carboxylic acids is 1. The second-order valence-electron chi connectivity index (χ2n) is 5.06. The first-order valence-corrected chi connectivity index (χ1v) is 7.13. The van der Waals surface area contributed by atoms with Gasteiger partial charge in [0.2, 0.25) is 0 Å². The van der Waals surface area contributed by atoms with Crippen molar-refractivity contribution in [1.29, 1.82) is 0 Å². The molecule has 0 radical (unpaired) electrons. The fourth-order valence-corrected chi connectivity index (χ4v) is 2.73. The van der Waals surface area contributed by atoms with Crippen molar-refractivity contribution in [3.8, 4) is 0 Å². The number of benzene rings is 1. The lowest BCUT2D eigenvalue weighted by atomic mass is 10.1. The molecule has 2 aliphatic heterocycles. The number of ether oxygens (including phenoxy) is 2. The molecule has 0 atom stereocenters. The molecule has 0 aromatic heterocycles. The van der Waals surface area contributed by atoms with Crippen molar-refractivity contribution < 1.29 is 14.3 Å². The zero-order valence-electron chi connectivity index (χ0n) is 11.6. The second kappa shape index (κ2) is 6.24. The minimum Gasteiger partial charge on any atom is -0.378 e. The molecular formula is C15H20N2O3. The molecule has 5 nitrogen and oxygen atoms in total. The maximum atomic E-state index is 11.3. The summed E-state index contributed by atoms with van der Waals surface area (Å²) >= 11 is 0. The lowest BCUT2D eigenvalue weighted by Gasteiger charge is -2.33. The first-order valence-electron chi connectivity index (χ1n) is 7.13. The fourth-order valence-electron chi connectivity index (χ4n) is 2.73. The van der Waals surface area contributed by atoms with Gasteiger partial charge >= 0.3 is 0 Å². The average molecular weight is 276 g/mol. The maximum absolute atomic E-state index is 11.3. The second-order valence-corrected chi connectivity index (χ2v) is 5.06. The van der Waals surface area contributed by atoms with Crippen LogP contribution in [-0.2, 0) is 9.47 Å². The molecule has 3 rings (SSSR count). The molecule has 2 saturated heterocycles. The Kier molecular flexibility index (Phi) is 4.18. The monoisotopic (exact) mass is 276 g/mol. The van der Waals surface area contributed by atoms with E-state index in [1.807, 2.05) is 12.1 Å². The lowest BCUT2D eigenvalue weighted by Crippen LogP contribution is -2.38. The van der Waals surface area contributed by atoms with E-state index in [1.54, 1.807) is 0 Å². The summed E-state index contributed by atoms with van der Waals surface area (Å²) in [5, 5.41) is 0. The van der Waals surface area contributed by atoms with Crippen LogP contribution in [0.15, 0.2) is 18.2 Å². The third kappa shape index (κ3) is 2.78. The SMILES string of the molecule is O=Cc1ccc(N2CCOCC2)cc1N1CCOCC1. The quantitative estimate of drug-likeness (QED) is 0.775. The van der Waals surface area contributed by atoms with Crippen molar-refractivity contribution in [2.45, 2.75) is 0 Å². The van der Waals surface area contributed by atoms with Gasteiger partial charge in [0.05, 0.1) is 26.4 Å². The van der Waals surface area contributed by atoms with Crippen LogP contribution in [0.25, 0.3) is 0 Å². The first kappa shape index (κ1) is 13.4. The Bertz CT molecular complexity index is 466. The van der Waals surface area contributed by atoms with E-state index in [4.69, 9.17) is 9.47 Å². The Morgan fingerprint density at radius 1 is 0.900 bits per heavy atom. The molecule has 5 heteroatoms. The van der Waals surface area contributed by atoms with E-state index >= 15 is 0 Å². The lowest BCUT2D eigenvalue weighted by molar-refractivity contribution is 0.111. The van der Waals surface area contributed by atoms with Crippen LogP contribution in [0.5, 0.6) is 0 Å². The summed E-state index contributed by atoms with van der Waals surface area (Å²) in [5.74, 6) is 0. The molecule has 0 aliphatic carbocycles. The minimum atomic E-state index is 0.722. The van der Waals surface area contributed by atoms with Crippen molar-refractivity contribution in [3.05, 3.63) is 23.8 Å². The zero-order valence-corrected chi connectivity index (χ0v) is 11.6. The molecule has 0 N–H and O–H groups in total. The van der Waals surface area contributed by atoms with Crippen LogP contribution < -0.4 is 9.80 Å². The normalized spacial score (nSPS) is 20.0. The van der Waals surface area contributed by atoms with Crippen LogP contribution in [0.4, 0.5) is 11.4 Å². The molecule has 2 fully saturated rings. The number of morpholine rings is 2. The van der Waals surface area contributed by atoms with Crippen molar-refractivity contribution in [2.75, 3.05) is 62.4 Å². The predicted octanol–water partition coefficient (Wildman–Crippen LogP) is 1.17. The summed E-state index contributed by atoms with van der Waals surface area (Å²) in [7, 11) is 0. The maximum Gasteiger partial charge on any atom is 0.152 e. The molecule has 0 bridgehead atoms. The van der Waals surface area contributed by atoms with Crippen molar-refractivity contribution in [1.82, 2.24) is 0 Å². The molecule has 2 heterocycles. The topological polar surface area (TPSA) is 42.0 Å². The summed E-state index contributed by atoms with van der Waals surface area (Å²) in [6.45, 7) is 6.47. The average Bonchev–Trinajstić information content (AvgIpc) is 2.56. The van der Waals surface area contributed by atoms with Gasteiger partial charge in [0.1, 0.15) is 0 Å². The third-order valence-electron chi connectivity index (χ3n) is 3.87. The van der Waals surface area contributed by atoms with E-state index in [0.29, 0.717) is 0 Å². The standard InChI is InChI=1S/C15H20N2O3/c18-12-13-1-2-14(16-3-7-19-8-4-16)11-15(13)17-5-9-20-10-6-17/h1-2,11-12H,3-10H2. The smallest absolute Gasteiger partial charge is 0.152 e. The van der Waals surface area contributed by atoms with Crippen LogP contribution in [0.1, 0.15) is 10.4 Å². The highest BCUT2D eigenvalue weighted by molar-refractivity contribution is 5.86. The van der Waals surface area contributed by atoms with Gasteiger partial charge in [0.25, 0.3) is 0 Å². The van der Waals surface area contributed by atoms with E-state index in [9.17, 15) is 4.79 Å². The van der Waals surface area contributed by atoms with Gasteiger partial charge in [-0.3, -0.25) is 4.79 Å². The van der Waals surface area contributed by atoms with E-state index < -0.39 is 0 Å². The molecule has 0 spiro atoms. The van der Waals surface area contributed by atoms with Crippen LogP contribution in [0.2, 0.25) is 0 Å². The van der Waals surface area contributed by atoms with E-state index in [1.165, 1.54) is 5.69 Å². The summed E-state index contributed by atoms with van der Waals surface area (Å²) in [4.78, 5) is 15.8. The number of anilines is 2. The molecular weight excluding hydrogens is 256 g/mol. The Balaban J connectivity index is 1.87. The van der Waals surface area contributed by atoms with Crippen molar-refractivity contribution in [2.24, 2.45) is 0 Å². The van der Waals surface area contributed by atoms with Crippen molar-refractivity contribution >= 4 is 17.7 Å². The number of rotatable bonds is 3. The number of hydrogen-bond acceptors (Lipinski definition) is 5. The van der Waals surface area contributed by atoms with Gasteiger partial charge < -0.3 is 19.3 Å². The van der Waals surface area contributed by atoms with Gasteiger partial charge in [-0.1, -0.05) is 0 Å². The van der Waals surface area contributed by atoms with E-state index in [0.717, 1.165) is 70.1 Å². The highest BCUT2D eigenvalue weighted by atomic mass is 16.5. The Morgan fingerprint density at radius 3 is 2.10 bits per heavy atom. The predicted molar refractivity (Wildman–Crippen MR) is 77.9 cm³/mol. The summed E-state index contributed by atoms with van der Waals surface area (Å²) < 4.78 is 10.8. The highest BCUT2D eigenvalue weighted by Crippen LogP contribution is 2.27. The molecule has 108 valence electrons. The van der Waals surface area contributed by atoms with E-state index in [2.05, 4.69) is 15.9 Å². The fraction of sp³-hybridized carbons (Fsp3) is 0.533. The largest absolute Gasteiger partial charge is 0.378 e. The minimum absolute atomic E-state index is 0.722. The van der Waals surface area contributed by atoms with Crippen LogP contribution >= 0.6 is 0 Å². The van der Waals surface area contributed by atoms with E-state index in [-0.39, 0.29) is 0 Å². The molecule has 2 aliphatic rings. The number of hydrogen-bond donors (Lipinski definition) is 0. The van der Waals surface area contributed by atoms with Crippen LogP contribution in [-0.4, -0.2) is 58.9 Å². The summed E-state index contributed by atoms with van der Waals surface area (Å²) in [6, 6.07) is 6.07. The van der Waals surface area contributed by atoms with Gasteiger partial charge in [-0.2, -0.15) is 0 Å². The Hall–Kier alpha value is -1.59. The highest BCUT2D eigenvalue weighted by Gasteiger charge is 2.18. The Labute approximate surface area is 119 Å². The van der Waals surface area contributed by atoms with Crippen molar-refractivity contribution in [3.63, 3.8) is 0 Å². The first-order chi connectivity index (χ1) is 9.88. The summed E-state index contributed by atoms with van der Waals surface area (Å²) in [6.07, 6.45) is 0.938.